The second kappa shape index (κ2) is 6.13. The van der Waals surface area contributed by atoms with Gasteiger partial charge >= 0.3 is 6.18 Å². The van der Waals surface area contributed by atoms with Gasteiger partial charge in [-0.3, -0.25) is 5.84 Å². The van der Waals surface area contributed by atoms with E-state index in [-0.39, 0.29) is 0 Å². The van der Waals surface area contributed by atoms with Gasteiger partial charge < -0.3 is 11.2 Å². The van der Waals surface area contributed by atoms with Crippen molar-refractivity contribution in [3.63, 3.8) is 0 Å². The highest BCUT2D eigenvalue weighted by molar-refractivity contribution is 5.28. The molecule has 0 rings (SSSR count). The molecule has 0 aliphatic rings. The Morgan fingerprint density at radius 3 is 2.27 bits per heavy atom. The fourth-order valence-electron chi connectivity index (χ4n) is 0.807. The second-order valence-corrected chi connectivity index (χ2v) is 2.67. The molecule has 0 atom stereocenters. The van der Waals surface area contributed by atoms with Crippen molar-refractivity contribution < 1.29 is 13.2 Å². The zero-order chi connectivity index (χ0) is 11.9. The van der Waals surface area contributed by atoms with Gasteiger partial charge in [0.25, 0.3) is 0 Å². The zero-order valence-electron chi connectivity index (χ0n) is 8.31. The lowest BCUT2D eigenvalue weighted by Crippen LogP contribution is -2.20. The molecule has 0 aromatic carbocycles. The first kappa shape index (κ1) is 13.6. The largest absolute Gasteiger partial charge is 0.416 e. The molecule has 0 aliphatic heterocycles. The molecule has 0 aromatic heterocycles. The van der Waals surface area contributed by atoms with E-state index in [2.05, 4.69) is 5.43 Å². The summed E-state index contributed by atoms with van der Waals surface area (Å²) in [7, 11) is 0. The van der Waals surface area contributed by atoms with Crippen molar-refractivity contribution >= 4 is 0 Å². The predicted octanol–water partition coefficient (Wildman–Crippen LogP) is 1.70. The highest BCUT2D eigenvalue weighted by atomic mass is 19.4. The van der Waals surface area contributed by atoms with Crippen LogP contribution in [0.15, 0.2) is 35.7 Å². The molecule has 0 bridgehead atoms. The molecule has 15 heavy (non-hydrogen) atoms. The van der Waals surface area contributed by atoms with E-state index >= 15 is 0 Å². The van der Waals surface area contributed by atoms with E-state index < -0.39 is 11.7 Å². The van der Waals surface area contributed by atoms with E-state index in [0.29, 0.717) is 12.1 Å². The molecule has 0 amide bonds. The third kappa shape index (κ3) is 5.11. The number of hydrogen-bond donors (Lipinski definition) is 3. The first-order valence-electron chi connectivity index (χ1n) is 4.28. The van der Waals surface area contributed by atoms with E-state index in [0.717, 1.165) is 18.4 Å². The van der Waals surface area contributed by atoms with Crippen LogP contribution in [0.3, 0.4) is 0 Å². The molecular weight excluding hydrogens is 207 g/mol. The van der Waals surface area contributed by atoms with Crippen LogP contribution >= 0.6 is 0 Å². The third-order valence-electron chi connectivity index (χ3n) is 1.63. The molecule has 0 spiro atoms. The predicted molar refractivity (Wildman–Crippen MR) is 53.2 cm³/mol. The van der Waals surface area contributed by atoms with Crippen LogP contribution in [0, 0.1) is 0 Å². The Morgan fingerprint density at radius 1 is 1.33 bits per heavy atom. The molecule has 6 heteroatoms. The summed E-state index contributed by atoms with van der Waals surface area (Å²) in [6, 6.07) is 0. The number of alkyl halides is 3. The second-order valence-electron chi connectivity index (χ2n) is 2.67. The van der Waals surface area contributed by atoms with Crippen molar-refractivity contribution in [3.05, 3.63) is 35.7 Å². The lowest BCUT2D eigenvalue weighted by Gasteiger charge is -2.06. The summed E-state index contributed by atoms with van der Waals surface area (Å²) < 4.78 is 36.9. The van der Waals surface area contributed by atoms with Gasteiger partial charge in [0.2, 0.25) is 0 Å². The fourth-order valence-corrected chi connectivity index (χ4v) is 0.807. The normalized spacial score (nSPS) is 14.7. The molecule has 0 saturated carbocycles. The number of nitrogens with two attached hydrogens (primary N) is 2. The van der Waals surface area contributed by atoms with E-state index in [1.807, 2.05) is 0 Å². The Kier molecular flexibility index (Phi) is 5.54. The van der Waals surface area contributed by atoms with Gasteiger partial charge in [0.15, 0.2) is 0 Å². The molecule has 0 unspecified atom stereocenters. The van der Waals surface area contributed by atoms with Gasteiger partial charge in [0.05, 0.1) is 5.57 Å². The smallest absolute Gasteiger partial charge is 0.405 e. The standard InChI is InChI=1S/C9H14F3N3/c1-2-8(15-14)4-3-7(5-6-13)9(10,11)12/h3-6,15H,2,13-14H2,1H3/b6-5+,7-3+,8-4+. The minimum absolute atomic E-state index is 0.502. The average Bonchev–Trinajstić information content (AvgIpc) is 2.16. The van der Waals surface area contributed by atoms with Crippen LogP contribution in [-0.4, -0.2) is 6.18 Å². The Hall–Kier alpha value is -1.43. The van der Waals surface area contributed by atoms with Gasteiger partial charge in [0.1, 0.15) is 0 Å². The highest BCUT2D eigenvalue weighted by Gasteiger charge is 2.31. The first-order chi connectivity index (χ1) is 6.95. The number of hydrazine groups is 1. The van der Waals surface area contributed by atoms with Crippen LogP contribution in [0.1, 0.15) is 13.3 Å². The Bertz CT molecular complexity index is 271. The van der Waals surface area contributed by atoms with Crippen molar-refractivity contribution in [2.45, 2.75) is 19.5 Å². The molecule has 0 fully saturated rings. The van der Waals surface area contributed by atoms with Crippen LogP contribution in [0.5, 0.6) is 0 Å². The highest BCUT2D eigenvalue weighted by Crippen LogP contribution is 2.26. The SMILES string of the molecule is CC\C(=C/C=C(\C=C\N)C(F)(F)F)NN. The molecule has 0 aliphatic carbocycles. The van der Waals surface area contributed by atoms with Crippen LogP contribution in [0.4, 0.5) is 13.2 Å². The molecule has 0 saturated heterocycles. The maximum atomic E-state index is 12.3. The summed E-state index contributed by atoms with van der Waals surface area (Å²) in [5.41, 5.74) is 6.88. The minimum atomic E-state index is -4.42. The number of rotatable bonds is 4. The Labute approximate surface area is 86.3 Å². The number of halogens is 3. The van der Waals surface area contributed by atoms with Crippen LogP contribution < -0.4 is 17.0 Å². The van der Waals surface area contributed by atoms with E-state index in [4.69, 9.17) is 11.6 Å². The summed E-state index contributed by atoms with van der Waals surface area (Å²) in [6.45, 7) is 1.77. The molecule has 5 N–H and O–H groups in total. The van der Waals surface area contributed by atoms with Crippen molar-refractivity contribution in [3.8, 4) is 0 Å². The van der Waals surface area contributed by atoms with Gasteiger partial charge in [-0.25, -0.2) is 0 Å². The average molecular weight is 221 g/mol. The summed E-state index contributed by atoms with van der Waals surface area (Å²) in [5.74, 6) is 5.08. The maximum absolute atomic E-state index is 12.3. The topological polar surface area (TPSA) is 64.1 Å². The first-order valence-corrected chi connectivity index (χ1v) is 4.28. The molecule has 86 valence electrons. The lowest BCUT2D eigenvalue weighted by atomic mass is 10.2. The number of hydrogen-bond acceptors (Lipinski definition) is 3. The monoisotopic (exact) mass is 221 g/mol. The maximum Gasteiger partial charge on any atom is 0.416 e. The Balaban J connectivity index is 4.93. The van der Waals surface area contributed by atoms with Gasteiger partial charge in [-0.05, 0) is 30.8 Å². The molecule has 3 nitrogen and oxygen atoms in total. The van der Waals surface area contributed by atoms with E-state index in [9.17, 15) is 13.2 Å². The van der Waals surface area contributed by atoms with Gasteiger partial charge in [-0.1, -0.05) is 6.92 Å². The third-order valence-corrected chi connectivity index (χ3v) is 1.63. The van der Waals surface area contributed by atoms with Crippen molar-refractivity contribution in [2.75, 3.05) is 0 Å². The minimum Gasteiger partial charge on any atom is -0.405 e. The summed E-state index contributed by atoms with van der Waals surface area (Å²) >= 11 is 0. The summed E-state index contributed by atoms with van der Waals surface area (Å²) in [6.07, 6.45) is -0.0792. The fraction of sp³-hybridized carbons (Fsp3) is 0.333. The number of allylic oxidation sites excluding steroid dienone is 5. The molecule has 0 radical (unpaired) electrons. The van der Waals surface area contributed by atoms with Crippen LogP contribution in [0.25, 0.3) is 0 Å². The van der Waals surface area contributed by atoms with E-state index in [1.54, 1.807) is 6.92 Å². The van der Waals surface area contributed by atoms with Gasteiger partial charge in [0, 0.05) is 5.70 Å². The van der Waals surface area contributed by atoms with E-state index in [1.165, 1.54) is 6.08 Å². The van der Waals surface area contributed by atoms with Crippen molar-refractivity contribution in [1.29, 1.82) is 0 Å². The quantitative estimate of drug-likeness (QED) is 0.384. The zero-order valence-corrected chi connectivity index (χ0v) is 8.31. The van der Waals surface area contributed by atoms with Crippen LogP contribution in [0.2, 0.25) is 0 Å². The summed E-state index contributed by atoms with van der Waals surface area (Å²) in [5, 5.41) is 0. The molecular formula is C9H14F3N3. The lowest BCUT2D eigenvalue weighted by molar-refractivity contribution is -0.0881. The van der Waals surface area contributed by atoms with Crippen LogP contribution in [-0.2, 0) is 0 Å². The molecule has 0 heterocycles. The Morgan fingerprint density at radius 2 is 1.93 bits per heavy atom. The summed E-state index contributed by atoms with van der Waals surface area (Å²) in [4.78, 5) is 0. The van der Waals surface area contributed by atoms with Gasteiger partial charge in [-0.15, -0.1) is 0 Å². The van der Waals surface area contributed by atoms with Crippen molar-refractivity contribution in [2.24, 2.45) is 11.6 Å². The van der Waals surface area contributed by atoms with Gasteiger partial charge in [-0.2, -0.15) is 13.2 Å². The number of nitrogens with one attached hydrogen (secondary N) is 1. The van der Waals surface area contributed by atoms with Crippen molar-refractivity contribution in [1.82, 2.24) is 5.43 Å². The molecule has 0 aromatic rings.